The lowest BCUT2D eigenvalue weighted by atomic mass is 10.0. The first-order valence-corrected chi connectivity index (χ1v) is 16.1. The number of carbonyl (C=O) groups is 2. The van der Waals surface area contributed by atoms with Crippen LogP contribution in [0.5, 0.6) is 0 Å². The summed E-state index contributed by atoms with van der Waals surface area (Å²) < 4.78 is 1.74. The van der Waals surface area contributed by atoms with E-state index in [1.807, 2.05) is 26.0 Å². The van der Waals surface area contributed by atoms with Crippen LogP contribution < -0.4 is 5.32 Å². The molecule has 0 aliphatic rings. The number of benzene rings is 2. The van der Waals surface area contributed by atoms with Crippen molar-refractivity contribution in [1.82, 2.24) is 14.8 Å². The van der Waals surface area contributed by atoms with E-state index in [0.29, 0.717) is 23.4 Å². The molecule has 1 N–H and O–H groups in total. The van der Waals surface area contributed by atoms with Crippen LogP contribution in [0.1, 0.15) is 65.7 Å². The topological polar surface area (TPSA) is 54.3 Å². The third-order valence-electron chi connectivity index (χ3n) is 7.40. The molecule has 218 valence electrons. The molecule has 2 aromatic carbocycles. The Morgan fingerprint density at radius 1 is 0.875 bits per heavy atom. The number of nitrogens with one attached hydrogen (secondary N) is 1. The van der Waals surface area contributed by atoms with Gasteiger partial charge in [0, 0.05) is 72.2 Å². The van der Waals surface area contributed by atoms with Crippen molar-refractivity contribution in [2.75, 3.05) is 44.2 Å². The molecule has 8 heteroatoms. The number of Topliss-reactive ketones (excluding diaryl/α,β-unsaturated/α-hetero) is 1. The number of hydrogen-bond donors (Lipinski definition) is 3. The third-order valence-corrected chi connectivity index (χ3v) is 8.07. The first-order valence-electron chi connectivity index (χ1n) is 14.4. The Labute approximate surface area is 255 Å². The number of fused-ring (bicyclic) bond motifs is 1. The number of rotatable bonds is 18. The van der Waals surface area contributed by atoms with Crippen LogP contribution in [0, 0.1) is 13.8 Å². The maximum Gasteiger partial charge on any atom is 0.262 e. The Balaban J connectivity index is 1.51. The number of hydrogen-bond acceptors (Lipinski definition) is 6. The van der Waals surface area contributed by atoms with E-state index < -0.39 is 0 Å². The first-order chi connectivity index (χ1) is 19.3. The normalized spacial score (nSPS) is 11.6. The summed E-state index contributed by atoms with van der Waals surface area (Å²) in [5, 5.41) is 4.98. The van der Waals surface area contributed by atoms with Gasteiger partial charge in [0.15, 0.2) is 0 Å². The SMILES string of the molecule is Cc1ccc2c(c1)c(CC(=O)CCCCCCCN(CCS)CCNCCS)c(C)n2C(=O)c1ccc(Cl)cc1. The highest BCUT2D eigenvalue weighted by Crippen LogP contribution is 2.29. The minimum absolute atomic E-state index is 0.108. The summed E-state index contributed by atoms with van der Waals surface area (Å²) in [6, 6.07) is 13.0. The highest BCUT2D eigenvalue weighted by Gasteiger charge is 2.21. The van der Waals surface area contributed by atoms with Crippen LogP contribution in [-0.4, -0.2) is 65.4 Å². The number of carbonyl (C=O) groups excluding carboxylic acids is 2. The lowest BCUT2D eigenvalue weighted by molar-refractivity contribution is -0.118. The number of ketones is 1. The van der Waals surface area contributed by atoms with Crippen LogP contribution in [0.15, 0.2) is 42.5 Å². The monoisotopic (exact) mass is 601 g/mol. The smallest absolute Gasteiger partial charge is 0.262 e. The summed E-state index contributed by atoms with van der Waals surface area (Å²) in [4.78, 5) is 29.0. The quantitative estimate of drug-likeness (QED) is 0.111. The van der Waals surface area contributed by atoms with Gasteiger partial charge in [-0.25, -0.2) is 0 Å². The molecule has 1 heterocycles. The van der Waals surface area contributed by atoms with E-state index in [1.54, 1.807) is 28.8 Å². The predicted octanol–water partition coefficient (Wildman–Crippen LogP) is 6.80. The fraction of sp³-hybridized carbons (Fsp3) is 0.500. The molecule has 0 atom stereocenters. The lowest BCUT2D eigenvalue weighted by Crippen LogP contribution is -2.34. The van der Waals surface area contributed by atoms with Crippen molar-refractivity contribution in [2.24, 2.45) is 0 Å². The molecule has 5 nitrogen and oxygen atoms in total. The van der Waals surface area contributed by atoms with E-state index in [9.17, 15) is 9.59 Å². The largest absolute Gasteiger partial charge is 0.315 e. The molecule has 0 unspecified atom stereocenters. The Bertz CT molecular complexity index is 1240. The van der Waals surface area contributed by atoms with Gasteiger partial charge in [-0.1, -0.05) is 42.5 Å². The van der Waals surface area contributed by atoms with Crippen molar-refractivity contribution in [2.45, 2.75) is 58.8 Å². The van der Waals surface area contributed by atoms with Gasteiger partial charge >= 0.3 is 0 Å². The summed E-state index contributed by atoms with van der Waals surface area (Å²) in [6.45, 7) is 9.07. The van der Waals surface area contributed by atoms with Gasteiger partial charge in [0.05, 0.1) is 5.52 Å². The Hall–Kier alpha value is -1.77. The summed E-state index contributed by atoms with van der Waals surface area (Å²) in [6.07, 6.45) is 6.41. The van der Waals surface area contributed by atoms with Crippen molar-refractivity contribution >= 4 is 59.5 Å². The van der Waals surface area contributed by atoms with Gasteiger partial charge in [-0.3, -0.25) is 14.2 Å². The van der Waals surface area contributed by atoms with Crippen LogP contribution >= 0.6 is 36.9 Å². The number of nitrogens with zero attached hydrogens (tertiary/aromatic N) is 2. The third kappa shape index (κ3) is 9.66. The molecule has 0 amide bonds. The second-order valence-corrected chi connectivity index (χ2v) is 11.8. The molecule has 0 aliphatic carbocycles. The van der Waals surface area contributed by atoms with Crippen LogP contribution in [0.2, 0.25) is 5.02 Å². The second kappa shape index (κ2) is 17.2. The van der Waals surface area contributed by atoms with Gasteiger partial charge in [0.25, 0.3) is 5.91 Å². The Morgan fingerprint density at radius 3 is 2.33 bits per heavy atom. The van der Waals surface area contributed by atoms with Crippen molar-refractivity contribution < 1.29 is 9.59 Å². The van der Waals surface area contributed by atoms with E-state index in [2.05, 4.69) is 41.5 Å². The molecule has 0 spiro atoms. The van der Waals surface area contributed by atoms with E-state index in [0.717, 1.165) is 91.2 Å². The Kier molecular flexibility index (Phi) is 14.1. The molecule has 0 saturated heterocycles. The summed E-state index contributed by atoms with van der Waals surface area (Å²) >= 11 is 14.7. The van der Waals surface area contributed by atoms with Crippen molar-refractivity contribution in [3.8, 4) is 0 Å². The minimum Gasteiger partial charge on any atom is -0.315 e. The van der Waals surface area contributed by atoms with E-state index in [1.165, 1.54) is 12.8 Å². The zero-order valence-electron chi connectivity index (χ0n) is 23.9. The van der Waals surface area contributed by atoms with Crippen molar-refractivity contribution in [3.63, 3.8) is 0 Å². The number of halogens is 1. The first kappa shape index (κ1) is 32.7. The van der Waals surface area contributed by atoms with Crippen molar-refractivity contribution in [3.05, 3.63) is 69.9 Å². The van der Waals surface area contributed by atoms with Crippen LogP contribution in [0.3, 0.4) is 0 Å². The van der Waals surface area contributed by atoms with E-state index >= 15 is 0 Å². The second-order valence-electron chi connectivity index (χ2n) is 10.5. The molecule has 0 radical (unpaired) electrons. The molecule has 0 saturated carbocycles. The molecule has 3 rings (SSSR count). The number of aromatic nitrogens is 1. The summed E-state index contributed by atoms with van der Waals surface area (Å²) in [5.74, 6) is 1.86. The molecule has 0 bridgehead atoms. The predicted molar refractivity (Wildman–Crippen MR) is 176 cm³/mol. The van der Waals surface area contributed by atoms with Gasteiger partial charge in [-0.15, -0.1) is 0 Å². The van der Waals surface area contributed by atoms with Crippen LogP contribution in [0.4, 0.5) is 0 Å². The standard InChI is InChI=1S/C32H44ClN3O2S2/c1-24-9-14-31-30(22-24)29(25(2)36(31)32(38)26-10-12-27(33)13-11-26)23-28(37)8-6-4-3-5-7-17-35(19-21-40)18-15-34-16-20-39/h9-14,22,34,39-40H,3-8,15-21,23H2,1-2H3. The maximum atomic E-state index is 13.5. The van der Waals surface area contributed by atoms with Gasteiger partial charge in [-0.05, 0) is 75.2 Å². The fourth-order valence-electron chi connectivity index (χ4n) is 5.20. The highest BCUT2D eigenvalue weighted by atomic mass is 35.5. The molecular weight excluding hydrogens is 558 g/mol. The zero-order valence-corrected chi connectivity index (χ0v) is 26.5. The highest BCUT2D eigenvalue weighted by molar-refractivity contribution is 7.80. The van der Waals surface area contributed by atoms with Crippen LogP contribution in [-0.2, 0) is 11.2 Å². The van der Waals surface area contributed by atoms with Gasteiger partial charge in [0.1, 0.15) is 5.78 Å². The summed E-state index contributed by atoms with van der Waals surface area (Å²) in [5.41, 5.74) is 4.32. The number of thiol groups is 2. The fourth-order valence-corrected chi connectivity index (χ4v) is 5.76. The average Bonchev–Trinajstić information content (AvgIpc) is 3.20. The van der Waals surface area contributed by atoms with Gasteiger partial charge < -0.3 is 10.2 Å². The number of unbranched alkanes of at least 4 members (excludes halogenated alkanes) is 4. The molecule has 0 fully saturated rings. The molecule has 0 aliphatic heterocycles. The zero-order chi connectivity index (χ0) is 28.9. The van der Waals surface area contributed by atoms with E-state index in [-0.39, 0.29) is 11.7 Å². The Morgan fingerprint density at radius 2 is 1.60 bits per heavy atom. The van der Waals surface area contributed by atoms with Gasteiger partial charge in [0.2, 0.25) is 0 Å². The molecule has 3 aromatic rings. The minimum atomic E-state index is -0.108. The summed E-state index contributed by atoms with van der Waals surface area (Å²) in [7, 11) is 0. The van der Waals surface area contributed by atoms with Crippen molar-refractivity contribution in [1.29, 1.82) is 0 Å². The molecular formula is C32H44ClN3O2S2. The van der Waals surface area contributed by atoms with E-state index in [4.69, 9.17) is 11.6 Å². The number of aryl methyl sites for hydroxylation is 1. The van der Waals surface area contributed by atoms with Crippen LogP contribution in [0.25, 0.3) is 10.9 Å². The molecule has 40 heavy (non-hydrogen) atoms. The van der Waals surface area contributed by atoms with Gasteiger partial charge in [-0.2, -0.15) is 25.3 Å². The average molecular weight is 602 g/mol. The maximum absolute atomic E-state index is 13.5. The molecule has 1 aromatic heterocycles. The lowest BCUT2D eigenvalue weighted by Gasteiger charge is -2.21.